The molecule has 1 saturated heterocycles. The Hall–Kier alpha value is -3.96. The summed E-state index contributed by atoms with van der Waals surface area (Å²) in [5.41, 5.74) is 10.1. The number of nitrogens with one attached hydrogen (secondary N) is 1. The van der Waals surface area contributed by atoms with Gasteiger partial charge in [0, 0.05) is 49.1 Å². The van der Waals surface area contributed by atoms with Crippen LogP contribution in [-0.4, -0.2) is 73.3 Å². The van der Waals surface area contributed by atoms with Gasteiger partial charge in [0.1, 0.15) is 16.9 Å². The van der Waals surface area contributed by atoms with Gasteiger partial charge in [-0.3, -0.25) is 9.59 Å². The highest BCUT2D eigenvalue weighted by Crippen LogP contribution is 2.35. The SMILES string of the molecule is COc1cc(C(=O)N2C[C@H](N)C[C@H](O)C2)cc2nc(-c3cc4ccc5nc4n3CCCCCCC(C)(C)C(=O)N[C@@H]5C)n(C)c12. The van der Waals surface area contributed by atoms with E-state index in [1.54, 1.807) is 24.1 Å². The highest BCUT2D eigenvalue weighted by molar-refractivity contribution is 6.00. The number of hydrogen-bond donors (Lipinski definition) is 3. The fraction of sp³-hybridized carbons (Fsp3) is 0.529. The first kappa shape index (κ1) is 31.0. The van der Waals surface area contributed by atoms with Gasteiger partial charge in [-0.05, 0) is 56.5 Å². The Kier molecular flexibility index (Phi) is 8.34. The number of pyridine rings is 1. The minimum atomic E-state index is -0.644. The van der Waals surface area contributed by atoms with Gasteiger partial charge in [-0.25, -0.2) is 9.97 Å². The third-order valence-electron chi connectivity index (χ3n) is 9.48. The smallest absolute Gasteiger partial charge is 0.254 e. The average molecular weight is 616 g/mol. The lowest BCUT2D eigenvalue weighted by molar-refractivity contribution is -0.130. The minimum Gasteiger partial charge on any atom is -0.494 e. The van der Waals surface area contributed by atoms with Gasteiger partial charge in [0.2, 0.25) is 5.91 Å². The predicted octanol–water partition coefficient (Wildman–Crippen LogP) is 4.30. The Morgan fingerprint density at radius 1 is 1.11 bits per heavy atom. The van der Waals surface area contributed by atoms with E-state index < -0.39 is 11.5 Å². The zero-order valence-corrected chi connectivity index (χ0v) is 27.0. The molecule has 0 radical (unpaired) electrons. The number of rotatable bonds is 3. The quantitative estimate of drug-likeness (QED) is 0.312. The number of β-amino-alcohol motifs (C(OH)–C–C–N with tert-alkyl or cyclic N) is 1. The maximum absolute atomic E-state index is 13.5. The van der Waals surface area contributed by atoms with E-state index in [1.165, 1.54) is 0 Å². The molecular weight excluding hydrogens is 570 g/mol. The number of piperidine rings is 1. The molecular formula is C34H45N7O4. The average Bonchev–Trinajstić information content (AvgIpc) is 3.53. The van der Waals surface area contributed by atoms with Gasteiger partial charge in [-0.15, -0.1) is 0 Å². The van der Waals surface area contributed by atoms with E-state index >= 15 is 0 Å². The molecule has 0 spiro atoms. The summed E-state index contributed by atoms with van der Waals surface area (Å²) in [6.07, 6.45) is 4.75. The Labute approximate surface area is 263 Å². The second-order valence-electron chi connectivity index (χ2n) is 13.5. The van der Waals surface area contributed by atoms with E-state index in [4.69, 9.17) is 20.4 Å². The van der Waals surface area contributed by atoms with E-state index in [1.807, 2.05) is 38.5 Å². The van der Waals surface area contributed by atoms with Gasteiger partial charge in [-0.1, -0.05) is 33.1 Å². The highest BCUT2D eigenvalue weighted by atomic mass is 16.5. The second kappa shape index (κ2) is 12.1. The summed E-state index contributed by atoms with van der Waals surface area (Å²) in [4.78, 5) is 38.4. The molecule has 2 amide bonds. The topological polar surface area (TPSA) is 141 Å². The van der Waals surface area contributed by atoms with Crippen LogP contribution in [0.4, 0.5) is 0 Å². The van der Waals surface area contributed by atoms with Crippen molar-refractivity contribution in [2.24, 2.45) is 18.2 Å². The lowest BCUT2D eigenvalue weighted by atomic mass is 9.85. The molecule has 5 heterocycles. The standard InChI is InChI=1S/C34H45N7O4/c1-20-25-11-10-21-15-27(41(30(21)37-25)13-9-7-6-8-12-34(2,3)33(44)36-20)31-38-26-14-22(16-28(45-5)29(26)39(31)4)32(43)40-18-23(35)17-24(42)19-40/h10-11,14-16,20,23-24,42H,6-9,12-13,17-19,35H2,1-5H3,(H,36,44)/t20-,23-,24+/m1/s1. The number of amides is 2. The molecule has 1 aromatic carbocycles. The van der Waals surface area contributed by atoms with Crippen molar-refractivity contribution in [1.29, 1.82) is 0 Å². The van der Waals surface area contributed by atoms with Gasteiger partial charge >= 0.3 is 0 Å². The number of aliphatic hydroxyl groups is 1. The zero-order chi connectivity index (χ0) is 32.0. The van der Waals surface area contributed by atoms with Crippen molar-refractivity contribution in [2.75, 3.05) is 20.2 Å². The molecule has 45 heavy (non-hydrogen) atoms. The molecule has 0 saturated carbocycles. The molecule has 1 fully saturated rings. The number of hydrogen-bond acceptors (Lipinski definition) is 7. The molecule has 240 valence electrons. The summed E-state index contributed by atoms with van der Waals surface area (Å²) in [6, 6.07) is 9.20. The van der Waals surface area contributed by atoms with Crippen LogP contribution in [0.2, 0.25) is 0 Å². The molecule has 11 heteroatoms. The second-order valence-corrected chi connectivity index (χ2v) is 13.5. The fourth-order valence-electron chi connectivity index (χ4n) is 6.84. The molecule has 2 bridgehead atoms. The van der Waals surface area contributed by atoms with Gasteiger partial charge < -0.3 is 34.9 Å². The summed E-state index contributed by atoms with van der Waals surface area (Å²) in [6.45, 7) is 7.44. The van der Waals surface area contributed by atoms with Gasteiger partial charge in [0.25, 0.3) is 5.91 Å². The van der Waals surface area contributed by atoms with Crippen molar-refractivity contribution in [2.45, 2.75) is 84.0 Å². The number of methoxy groups -OCH3 is 1. The summed E-state index contributed by atoms with van der Waals surface area (Å²) in [7, 11) is 3.55. The monoisotopic (exact) mass is 615 g/mol. The molecule has 4 aromatic rings. The van der Waals surface area contributed by atoms with Gasteiger partial charge in [-0.2, -0.15) is 0 Å². The minimum absolute atomic E-state index is 0.0517. The van der Waals surface area contributed by atoms with Crippen LogP contribution in [0.15, 0.2) is 30.3 Å². The number of benzene rings is 1. The maximum Gasteiger partial charge on any atom is 0.254 e. The molecule has 0 unspecified atom stereocenters. The van der Waals surface area contributed by atoms with Crippen LogP contribution in [0.25, 0.3) is 33.6 Å². The first-order valence-electron chi connectivity index (χ1n) is 16.1. The van der Waals surface area contributed by atoms with Crippen LogP contribution in [0.1, 0.15) is 81.4 Å². The summed E-state index contributed by atoms with van der Waals surface area (Å²) in [5.74, 6) is 1.13. The van der Waals surface area contributed by atoms with Crippen LogP contribution >= 0.6 is 0 Å². The molecule has 2 aliphatic heterocycles. The molecule has 4 N–H and O–H groups in total. The molecule has 0 aliphatic carbocycles. The Morgan fingerprint density at radius 2 is 1.89 bits per heavy atom. The third kappa shape index (κ3) is 5.91. The van der Waals surface area contributed by atoms with Crippen molar-refractivity contribution < 1.29 is 19.4 Å². The van der Waals surface area contributed by atoms with E-state index in [9.17, 15) is 14.7 Å². The predicted molar refractivity (Wildman–Crippen MR) is 174 cm³/mol. The first-order chi connectivity index (χ1) is 21.5. The Bertz CT molecular complexity index is 1750. The van der Waals surface area contributed by atoms with Crippen LogP contribution < -0.4 is 15.8 Å². The molecule has 11 nitrogen and oxygen atoms in total. The molecule has 3 aromatic heterocycles. The number of nitrogens with two attached hydrogens (primary N) is 1. The molecule has 6 rings (SSSR count). The Morgan fingerprint density at radius 3 is 2.64 bits per heavy atom. The van der Waals surface area contributed by atoms with E-state index in [2.05, 4.69) is 22.0 Å². The van der Waals surface area contributed by atoms with Crippen molar-refractivity contribution in [3.8, 4) is 17.3 Å². The van der Waals surface area contributed by atoms with Crippen molar-refractivity contribution in [3.05, 3.63) is 41.6 Å². The first-order valence-corrected chi connectivity index (χ1v) is 16.1. The summed E-state index contributed by atoms with van der Waals surface area (Å²) in [5, 5.41) is 14.4. The highest BCUT2D eigenvalue weighted by Gasteiger charge is 2.31. The number of fused-ring (bicyclic) bond motifs is 2. The zero-order valence-electron chi connectivity index (χ0n) is 27.0. The lowest BCUT2D eigenvalue weighted by Gasteiger charge is -2.34. The number of ether oxygens (including phenoxy) is 1. The molecule has 3 atom stereocenters. The largest absolute Gasteiger partial charge is 0.494 e. The Balaban J connectivity index is 1.43. The van der Waals surface area contributed by atoms with Gasteiger partial charge in [0.15, 0.2) is 5.82 Å². The summed E-state index contributed by atoms with van der Waals surface area (Å²) >= 11 is 0. The number of nitrogens with zero attached hydrogens (tertiary/aromatic N) is 5. The van der Waals surface area contributed by atoms with Crippen LogP contribution in [0.3, 0.4) is 0 Å². The number of imidazole rings is 1. The van der Waals surface area contributed by atoms with Crippen molar-refractivity contribution >= 4 is 33.9 Å². The lowest BCUT2D eigenvalue weighted by Crippen LogP contribution is -2.51. The van der Waals surface area contributed by atoms with E-state index in [-0.39, 0.29) is 30.4 Å². The van der Waals surface area contributed by atoms with Crippen LogP contribution in [0.5, 0.6) is 5.75 Å². The maximum atomic E-state index is 13.5. The van der Waals surface area contributed by atoms with Crippen molar-refractivity contribution in [3.63, 3.8) is 0 Å². The van der Waals surface area contributed by atoms with Crippen LogP contribution in [-0.2, 0) is 18.4 Å². The van der Waals surface area contributed by atoms with E-state index in [0.717, 1.165) is 72.4 Å². The number of aromatic nitrogens is 4. The number of aliphatic hydroxyl groups excluding tert-OH is 1. The van der Waals surface area contributed by atoms with Crippen LogP contribution in [0, 0.1) is 5.41 Å². The molecule has 2 aliphatic rings. The number of carbonyl (C=O) groups excluding carboxylic acids is 2. The van der Waals surface area contributed by atoms with Gasteiger partial charge in [0.05, 0.1) is 36.2 Å². The number of aryl methyl sites for hydroxylation is 2. The number of likely N-dealkylation sites (tertiary alicyclic amines) is 1. The third-order valence-corrected chi connectivity index (χ3v) is 9.48. The normalized spacial score (nSPS) is 22.9. The van der Waals surface area contributed by atoms with Crippen molar-refractivity contribution in [1.82, 2.24) is 29.3 Å². The summed E-state index contributed by atoms with van der Waals surface area (Å²) < 4.78 is 10.0. The fourth-order valence-corrected chi connectivity index (χ4v) is 6.84. The van der Waals surface area contributed by atoms with E-state index in [0.29, 0.717) is 29.8 Å². The number of carbonyl (C=O) groups is 2.